The van der Waals surface area contributed by atoms with Gasteiger partial charge in [0.1, 0.15) is 0 Å². The van der Waals surface area contributed by atoms with Crippen LogP contribution in [0.15, 0.2) is 0 Å². The highest BCUT2D eigenvalue weighted by Crippen LogP contribution is 2.15. The molecule has 0 aromatic heterocycles. The summed E-state index contributed by atoms with van der Waals surface area (Å²) in [6.07, 6.45) is 7.36. The van der Waals surface area contributed by atoms with Crippen LogP contribution in [0.25, 0.3) is 0 Å². The van der Waals surface area contributed by atoms with Crippen LogP contribution in [-0.4, -0.2) is 24.8 Å². The van der Waals surface area contributed by atoms with E-state index in [4.69, 9.17) is 0 Å². The molecule has 0 aliphatic rings. The van der Waals surface area contributed by atoms with Gasteiger partial charge in [-0.05, 0) is 43.7 Å². The zero-order valence-corrected chi connectivity index (χ0v) is 12.4. The Morgan fingerprint density at radius 3 is 2.24 bits per heavy atom. The van der Waals surface area contributed by atoms with Crippen LogP contribution in [0.1, 0.15) is 66.2 Å². The molecule has 0 aromatic carbocycles. The molecule has 0 rings (SSSR count). The van der Waals surface area contributed by atoms with Crippen molar-refractivity contribution in [1.29, 1.82) is 0 Å². The average molecular weight is 243 g/mol. The Kier molecular flexibility index (Phi) is 9.85. The van der Waals surface area contributed by atoms with Crippen LogP contribution in [-0.2, 0) is 0 Å². The summed E-state index contributed by atoms with van der Waals surface area (Å²) >= 11 is 0. The van der Waals surface area contributed by atoms with E-state index in [1.807, 2.05) is 0 Å². The summed E-state index contributed by atoms with van der Waals surface area (Å²) in [7, 11) is 0. The standard InChI is InChI=1S/C15H33NO/c1-5-6-9-14(12-17)10-7-8-11-16-13-15(2,3)4/h14,16-17H,5-13H2,1-4H3/t14-/m1/s1. The molecule has 0 spiro atoms. The van der Waals surface area contributed by atoms with E-state index in [0.29, 0.717) is 17.9 Å². The molecule has 0 aliphatic heterocycles. The van der Waals surface area contributed by atoms with E-state index in [1.54, 1.807) is 0 Å². The van der Waals surface area contributed by atoms with E-state index in [-0.39, 0.29) is 0 Å². The lowest BCUT2D eigenvalue weighted by Crippen LogP contribution is -2.27. The number of aliphatic hydroxyl groups excluding tert-OH is 1. The number of rotatable bonds is 10. The van der Waals surface area contributed by atoms with Gasteiger partial charge in [0.25, 0.3) is 0 Å². The van der Waals surface area contributed by atoms with E-state index in [9.17, 15) is 5.11 Å². The van der Waals surface area contributed by atoms with Crippen molar-refractivity contribution in [2.75, 3.05) is 19.7 Å². The molecular weight excluding hydrogens is 210 g/mol. The number of aliphatic hydroxyl groups is 1. The molecule has 2 heteroatoms. The van der Waals surface area contributed by atoms with Crippen LogP contribution in [0.5, 0.6) is 0 Å². The molecule has 0 saturated carbocycles. The van der Waals surface area contributed by atoms with Gasteiger partial charge in [0.2, 0.25) is 0 Å². The molecule has 0 aliphatic carbocycles. The lowest BCUT2D eigenvalue weighted by atomic mass is 9.96. The minimum absolute atomic E-state index is 0.370. The molecule has 17 heavy (non-hydrogen) atoms. The summed E-state index contributed by atoms with van der Waals surface area (Å²) in [5, 5.41) is 12.7. The third-order valence-electron chi connectivity index (χ3n) is 3.10. The minimum Gasteiger partial charge on any atom is -0.396 e. The second-order valence-corrected chi connectivity index (χ2v) is 6.42. The van der Waals surface area contributed by atoms with Crippen LogP contribution in [0.4, 0.5) is 0 Å². The fourth-order valence-corrected chi connectivity index (χ4v) is 1.97. The third-order valence-corrected chi connectivity index (χ3v) is 3.10. The van der Waals surface area contributed by atoms with Crippen molar-refractivity contribution in [1.82, 2.24) is 5.32 Å². The van der Waals surface area contributed by atoms with Crippen molar-refractivity contribution in [3.05, 3.63) is 0 Å². The van der Waals surface area contributed by atoms with Crippen molar-refractivity contribution in [3.63, 3.8) is 0 Å². The Balaban J connectivity index is 3.36. The fourth-order valence-electron chi connectivity index (χ4n) is 1.97. The van der Waals surface area contributed by atoms with Gasteiger partial charge in [0.15, 0.2) is 0 Å². The predicted octanol–water partition coefficient (Wildman–Crippen LogP) is 3.59. The highest BCUT2D eigenvalue weighted by atomic mass is 16.3. The predicted molar refractivity (Wildman–Crippen MR) is 76.3 cm³/mol. The molecule has 0 radical (unpaired) electrons. The molecule has 0 aromatic rings. The summed E-state index contributed by atoms with van der Waals surface area (Å²) in [6, 6.07) is 0. The van der Waals surface area contributed by atoms with Gasteiger partial charge < -0.3 is 10.4 Å². The molecule has 2 nitrogen and oxygen atoms in total. The van der Waals surface area contributed by atoms with Gasteiger partial charge in [0.05, 0.1) is 0 Å². The number of hydrogen-bond donors (Lipinski definition) is 2. The molecule has 1 atom stereocenters. The lowest BCUT2D eigenvalue weighted by Gasteiger charge is -2.19. The summed E-state index contributed by atoms with van der Waals surface area (Å²) in [4.78, 5) is 0. The van der Waals surface area contributed by atoms with E-state index >= 15 is 0 Å². The van der Waals surface area contributed by atoms with E-state index in [2.05, 4.69) is 33.0 Å². The molecule has 0 saturated heterocycles. The van der Waals surface area contributed by atoms with Gasteiger partial charge >= 0.3 is 0 Å². The molecule has 0 amide bonds. The molecule has 0 unspecified atom stereocenters. The lowest BCUT2D eigenvalue weighted by molar-refractivity contribution is 0.205. The van der Waals surface area contributed by atoms with Crippen LogP contribution in [0, 0.1) is 11.3 Å². The largest absolute Gasteiger partial charge is 0.396 e. The maximum absolute atomic E-state index is 9.25. The van der Waals surface area contributed by atoms with E-state index < -0.39 is 0 Å². The summed E-state index contributed by atoms with van der Waals surface area (Å²) in [5.41, 5.74) is 0.384. The van der Waals surface area contributed by atoms with Gasteiger partial charge in [-0.25, -0.2) is 0 Å². The minimum atomic E-state index is 0.370. The van der Waals surface area contributed by atoms with Crippen LogP contribution in [0.2, 0.25) is 0 Å². The summed E-state index contributed by atoms with van der Waals surface area (Å²) < 4.78 is 0. The first kappa shape index (κ1) is 16.9. The van der Waals surface area contributed by atoms with Crippen LogP contribution < -0.4 is 5.32 Å². The smallest absolute Gasteiger partial charge is 0.0459 e. The summed E-state index contributed by atoms with van der Waals surface area (Å²) in [5.74, 6) is 0.539. The Morgan fingerprint density at radius 1 is 1.06 bits per heavy atom. The Bertz CT molecular complexity index is 163. The second-order valence-electron chi connectivity index (χ2n) is 6.42. The van der Waals surface area contributed by atoms with E-state index in [1.165, 1.54) is 38.5 Å². The van der Waals surface area contributed by atoms with Crippen molar-refractivity contribution in [2.45, 2.75) is 66.2 Å². The SMILES string of the molecule is CCCC[C@@H](CO)CCCCNCC(C)(C)C. The van der Waals surface area contributed by atoms with Crippen molar-refractivity contribution in [2.24, 2.45) is 11.3 Å². The van der Waals surface area contributed by atoms with Gasteiger partial charge in [-0.3, -0.25) is 0 Å². The summed E-state index contributed by atoms with van der Waals surface area (Å²) in [6.45, 7) is 11.6. The topological polar surface area (TPSA) is 32.3 Å². The maximum Gasteiger partial charge on any atom is 0.0459 e. The third kappa shape index (κ3) is 12.2. The number of nitrogens with one attached hydrogen (secondary N) is 1. The molecule has 104 valence electrons. The van der Waals surface area contributed by atoms with Crippen molar-refractivity contribution in [3.8, 4) is 0 Å². The average Bonchev–Trinajstić information content (AvgIpc) is 2.25. The number of unbranched alkanes of at least 4 members (excludes halogenated alkanes) is 2. The molecule has 2 N–H and O–H groups in total. The Morgan fingerprint density at radius 2 is 1.71 bits per heavy atom. The highest BCUT2D eigenvalue weighted by molar-refractivity contribution is 4.65. The Hall–Kier alpha value is -0.0800. The van der Waals surface area contributed by atoms with Crippen LogP contribution >= 0.6 is 0 Å². The van der Waals surface area contributed by atoms with Crippen molar-refractivity contribution < 1.29 is 5.11 Å². The first-order valence-corrected chi connectivity index (χ1v) is 7.31. The van der Waals surface area contributed by atoms with Crippen molar-refractivity contribution >= 4 is 0 Å². The molecular formula is C15H33NO. The first-order chi connectivity index (χ1) is 7.99. The Labute approximate surface area is 108 Å². The first-order valence-electron chi connectivity index (χ1n) is 7.31. The highest BCUT2D eigenvalue weighted by Gasteiger charge is 2.09. The maximum atomic E-state index is 9.25. The molecule has 0 heterocycles. The van der Waals surface area contributed by atoms with Gasteiger partial charge in [0, 0.05) is 6.61 Å². The fraction of sp³-hybridized carbons (Fsp3) is 1.00. The monoisotopic (exact) mass is 243 g/mol. The molecule has 0 fully saturated rings. The van der Waals surface area contributed by atoms with Gasteiger partial charge in [-0.15, -0.1) is 0 Å². The zero-order chi connectivity index (χ0) is 13.1. The zero-order valence-electron chi connectivity index (χ0n) is 12.4. The van der Waals surface area contributed by atoms with E-state index in [0.717, 1.165) is 13.1 Å². The van der Waals surface area contributed by atoms with Gasteiger partial charge in [-0.2, -0.15) is 0 Å². The van der Waals surface area contributed by atoms with Crippen LogP contribution in [0.3, 0.4) is 0 Å². The molecule has 0 bridgehead atoms. The second kappa shape index (κ2) is 9.90. The quantitative estimate of drug-likeness (QED) is 0.575. The normalized spacial score (nSPS) is 13.9. The number of hydrogen-bond acceptors (Lipinski definition) is 2. The van der Waals surface area contributed by atoms with Gasteiger partial charge in [-0.1, -0.05) is 47.0 Å².